The molecule has 15 heavy (non-hydrogen) atoms. The van der Waals surface area contributed by atoms with Gasteiger partial charge in [-0.25, -0.2) is 4.98 Å². The molecule has 0 atom stereocenters. The number of nitrogens with zero attached hydrogens (tertiary/aromatic N) is 1. The van der Waals surface area contributed by atoms with Crippen molar-refractivity contribution in [3.63, 3.8) is 0 Å². The molecule has 0 bridgehead atoms. The molecule has 1 aromatic heterocycles. The molecule has 0 aliphatic heterocycles. The van der Waals surface area contributed by atoms with Gasteiger partial charge in [0.05, 0.1) is 12.1 Å². The zero-order chi connectivity index (χ0) is 11.4. The van der Waals surface area contributed by atoms with E-state index in [4.69, 9.17) is 5.11 Å². The Morgan fingerprint density at radius 2 is 2.27 bits per heavy atom. The summed E-state index contributed by atoms with van der Waals surface area (Å²) in [5.41, 5.74) is 0.836. The zero-order valence-corrected chi connectivity index (χ0v) is 10.0. The van der Waals surface area contributed by atoms with Crippen LogP contribution in [0.5, 0.6) is 0 Å². The van der Waals surface area contributed by atoms with Gasteiger partial charge in [-0.15, -0.1) is 11.3 Å². The van der Waals surface area contributed by atoms with Gasteiger partial charge >= 0.3 is 5.97 Å². The van der Waals surface area contributed by atoms with Crippen molar-refractivity contribution in [2.75, 3.05) is 0 Å². The highest BCUT2D eigenvalue weighted by Gasteiger charge is 2.10. The van der Waals surface area contributed by atoms with Crippen LogP contribution in [0.15, 0.2) is 0 Å². The number of hydrogen-bond donors (Lipinski definition) is 2. The lowest BCUT2D eigenvalue weighted by Crippen LogP contribution is -2.21. The molecule has 2 N–H and O–H groups in total. The van der Waals surface area contributed by atoms with E-state index in [1.807, 2.05) is 6.92 Å². The smallest absolute Gasteiger partial charge is 0.308 e. The predicted octanol–water partition coefficient (Wildman–Crippen LogP) is 1.58. The van der Waals surface area contributed by atoms with Crippen LogP contribution in [0.1, 0.15) is 29.4 Å². The third-order valence-corrected chi connectivity index (χ3v) is 3.07. The molecule has 5 heteroatoms. The lowest BCUT2D eigenvalue weighted by Gasteiger charge is -2.04. The van der Waals surface area contributed by atoms with Gasteiger partial charge in [0.25, 0.3) is 0 Å². The first-order valence-electron chi connectivity index (χ1n) is 4.89. The number of thiazole rings is 1. The molecule has 0 saturated heterocycles. The van der Waals surface area contributed by atoms with Crippen molar-refractivity contribution < 1.29 is 9.90 Å². The van der Waals surface area contributed by atoms with Crippen LogP contribution in [0, 0.1) is 6.92 Å². The lowest BCUT2D eigenvalue weighted by atomic mass is 10.3. The van der Waals surface area contributed by atoms with Gasteiger partial charge in [0.15, 0.2) is 0 Å². The second-order valence-electron chi connectivity index (χ2n) is 3.72. The average Bonchev–Trinajstić information content (AvgIpc) is 2.43. The summed E-state index contributed by atoms with van der Waals surface area (Å²) in [7, 11) is 0. The number of aryl methyl sites for hydroxylation is 1. The number of aliphatic carboxylic acids is 1. The average molecular weight is 228 g/mol. The number of rotatable bonds is 5. The van der Waals surface area contributed by atoms with E-state index in [1.165, 1.54) is 11.3 Å². The minimum absolute atomic E-state index is 0.0746. The molecular weight excluding hydrogens is 212 g/mol. The van der Waals surface area contributed by atoms with Gasteiger partial charge in [-0.05, 0) is 6.92 Å². The molecule has 0 saturated carbocycles. The van der Waals surface area contributed by atoms with Crippen LogP contribution in [0.25, 0.3) is 0 Å². The van der Waals surface area contributed by atoms with E-state index < -0.39 is 5.97 Å². The van der Waals surface area contributed by atoms with Crippen LogP contribution in [-0.4, -0.2) is 22.1 Å². The Kier molecular flexibility index (Phi) is 4.23. The van der Waals surface area contributed by atoms with Crippen LogP contribution in [0.4, 0.5) is 0 Å². The summed E-state index contributed by atoms with van der Waals surface area (Å²) in [6.07, 6.45) is 0.0746. The molecule has 0 aliphatic carbocycles. The second-order valence-corrected chi connectivity index (χ2v) is 4.89. The number of nitrogens with one attached hydrogen (secondary N) is 1. The number of carbonyl (C=O) groups is 1. The van der Waals surface area contributed by atoms with Crippen molar-refractivity contribution in [2.45, 2.75) is 39.8 Å². The SMILES string of the molecule is Cc1nc(CNC(C)C)sc1CC(=O)O. The van der Waals surface area contributed by atoms with E-state index >= 15 is 0 Å². The molecule has 1 aromatic rings. The van der Waals surface area contributed by atoms with Crippen LogP contribution >= 0.6 is 11.3 Å². The van der Waals surface area contributed by atoms with Gasteiger partial charge in [-0.1, -0.05) is 13.8 Å². The molecule has 0 aliphatic rings. The van der Waals surface area contributed by atoms with Crippen molar-refractivity contribution in [3.05, 3.63) is 15.6 Å². The summed E-state index contributed by atoms with van der Waals surface area (Å²) < 4.78 is 0. The number of carboxylic acid groups (broad SMARTS) is 1. The minimum Gasteiger partial charge on any atom is -0.481 e. The highest BCUT2D eigenvalue weighted by molar-refractivity contribution is 7.11. The Morgan fingerprint density at radius 1 is 1.60 bits per heavy atom. The Hall–Kier alpha value is -0.940. The summed E-state index contributed by atoms with van der Waals surface area (Å²) in [6.45, 7) is 6.70. The fourth-order valence-electron chi connectivity index (χ4n) is 1.16. The largest absolute Gasteiger partial charge is 0.481 e. The van der Waals surface area contributed by atoms with E-state index in [-0.39, 0.29) is 6.42 Å². The van der Waals surface area contributed by atoms with Crippen LogP contribution in [-0.2, 0) is 17.8 Å². The number of aromatic nitrogens is 1. The maximum absolute atomic E-state index is 10.6. The molecule has 0 amide bonds. The summed E-state index contributed by atoms with van der Waals surface area (Å²) in [4.78, 5) is 15.7. The normalized spacial score (nSPS) is 10.9. The van der Waals surface area contributed by atoms with Crippen molar-refractivity contribution in [2.24, 2.45) is 0 Å². The second kappa shape index (κ2) is 5.23. The van der Waals surface area contributed by atoms with Crippen LogP contribution < -0.4 is 5.32 Å². The number of carboxylic acids is 1. The molecule has 1 rings (SSSR count). The predicted molar refractivity (Wildman–Crippen MR) is 60.2 cm³/mol. The summed E-state index contributed by atoms with van der Waals surface area (Å²) in [6, 6.07) is 0.414. The van der Waals surface area contributed by atoms with E-state index in [0.717, 1.165) is 15.6 Å². The van der Waals surface area contributed by atoms with Crippen molar-refractivity contribution in [3.8, 4) is 0 Å². The Bertz CT molecular complexity index is 347. The highest BCUT2D eigenvalue weighted by Crippen LogP contribution is 2.18. The third kappa shape index (κ3) is 3.97. The maximum atomic E-state index is 10.6. The Morgan fingerprint density at radius 3 is 2.80 bits per heavy atom. The molecule has 0 radical (unpaired) electrons. The molecule has 84 valence electrons. The molecule has 0 unspecified atom stereocenters. The topological polar surface area (TPSA) is 62.2 Å². The quantitative estimate of drug-likeness (QED) is 0.803. The van der Waals surface area contributed by atoms with Crippen molar-refractivity contribution >= 4 is 17.3 Å². The monoisotopic (exact) mass is 228 g/mol. The highest BCUT2D eigenvalue weighted by atomic mass is 32.1. The standard InChI is InChI=1S/C10H16N2O2S/c1-6(2)11-5-9-12-7(3)8(15-9)4-10(13)14/h6,11H,4-5H2,1-3H3,(H,13,14). The minimum atomic E-state index is -0.801. The van der Waals surface area contributed by atoms with E-state index in [1.54, 1.807) is 0 Å². The van der Waals surface area contributed by atoms with Gasteiger partial charge in [-0.3, -0.25) is 4.79 Å². The Balaban J connectivity index is 2.64. The molecule has 4 nitrogen and oxygen atoms in total. The van der Waals surface area contributed by atoms with Crippen molar-refractivity contribution in [1.29, 1.82) is 0 Å². The summed E-state index contributed by atoms with van der Waals surface area (Å²) in [5, 5.41) is 12.9. The van der Waals surface area contributed by atoms with E-state index in [9.17, 15) is 4.79 Å². The fraction of sp³-hybridized carbons (Fsp3) is 0.600. The maximum Gasteiger partial charge on any atom is 0.308 e. The molecule has 1 heterocycles. The first-order valence-corrected chi connectivity index (χ1v) is 5.71. The lowest BCUT2D eigenvalue weighted by molar-refractivity contribution is -0.136. The van der Waals surface area contributed by atoms with Crippen molar-refractivity contribution in [1.82, 2.24) is 10.3 Å². The summed E-state index contributed by atoms with van der Waals surface area (Å²) in [5.74, 6) is -0.801. The fourth-order valence-corrected chi connectivity index (χ4v) is 2.17. The zero-order valence-electron chi connectivity index (χ0n) is 9.20. The third-order valence-electron chi connectivity index (χ3n) is 1.91. The first kappa shape index (κ1) is 12.1. The van der Waals surface area contributed by atoms with E-state index in [2.05, 4.69) is 24.1 Å². The molecule has 0 spiro atoms. The number of hydrogen-bond acceptors (Lipinski definition) is 4. The van der Waals surface area contributed by atoms with Gasteiger partial charge in [0.2, 0.25) is 0 Å². The van der Waals surface area contributed by atoms with Gasteiger partial charge in [0, 0.05) is 17.5 Å². The van der Waals surface area contributed by atoms with Gasteiger partial charge in [-0.2, -0.15) is 0 Å². The molecule has 0 aromatic carbocycles. The van der Waals surface area contributed by atoms with Gasteiger partial charge < -0.3 is 10.4 Å². The van der Waals surface area contributed by atoms with Crippen LogP contribution in [0.3, 0.4) is 0 Å². The van der Waals surface area contributed by atoms with Gasteiger partial charge in [0.1, 0.15) is 5.01 Å². The Labute approximate surface area is 93.4 Å². The summed E-state index contributed by atoms with van der Waals surface area (Å²) >= 11 is 1.48. The molecule has 0 fully saturated rings. The van der Waals surface area contributed by atoms with E-state index in [0.29, 0.717) is 12.6 Å². The molecular formula is C10H16N2O2S. The first-order chi connectivity index (χ1) is 6.99. The van der Waals surface area contributed by atoms with Crippen LogP contribution in [0.2, 0.25) is 0 Å².